The third kappa shape index (κ3) is 3.07. The molecule has 1 aromatic heterocycles. The Balaban J connectivity index is 3.00. The van der Waals surface area contributed by atoms with Gasteiger partial charge in [0.1, 0.15) is 5.71 Å². The number of aromatic nitrogens is 1. The lowest BCUT2D eigenvalue weighted by Crippen LogP contribution is -2.44. The molecule has 80 valence electrons. The lowest BCUT2D eigenvalue weighted by Gasteiger charge is -2.19. The molecule has 0 amide bonds. The van der Waals surface area contributed by atoms with E-state index in [9.17, 15) is 0 Å². The van der Waals surface area contributed by atoms with Gasteiger partial charge in [0.2, 0.25) is 0 Å². The van der Waals surface area contributed by atoms with Crippen molar-refractivity contribution < 1.29 is 4.59 Å². The first kappa shape index (κ1) is 11.7. The van der Waals surface area contributed by atoms with E-state index in [0.29, 0.717) is 5.11 Å². The molecule has 1 heterocycles. The summed E-state index contributed by atoms with van der Waals surface area (Å²) in [6.45, 7) is 1.89. The summed E-state index contributed by atoms with van der Waals surface area (Å²) < 4.78 is 0.137. The first-order valence-corrected chi connectivity index (χ1v) is 4.96. The fraction of sp³-hybridized carbons (Fsp3) is 0.300. The van der Waals surface area contributed by atoms with Crippen molar-refractivity contribution in [1.29, 1.82) is 0 Å². The lowest BCUT2D eigenvalue weighted by atomic mass is 10.3. The summed E-state index contributed by atoms with van der Waals surface area (Å²) in [7, 11) is 3.66. The normalized spacial score (nSPS) is 12.6. The Hall–Kier alpha value is -1.33. The summed E-state index contributed by atoms with van der Waals surface area (Å²) in [6, 6.07) is 5.69. The Labute approximate surface area is 95.0 Å². The maximum Gasteiger partial charge on any atom is 0.293 e. The fourth-order valence-electron chi connectivity index (χ4n) is 1.05. The summed E-state index contributed by atoms with van der Waals surface area (Å²) in [5.41, 5.74) is 7.22. The van der Waals surface area contributed by atoms with Crippen LogP contribution in [0.3, 0.4) is 0 Å². The highest BCUT2D eigenvalue weighted by Crippen LogP contribution is 2.03. The van der Waals surface area contributed by atoms with Gasteiger partial charge < -0.3 is 5.73 Å². The second kappa shape index (κ2) is 4.46. The van der Waals surface area contributed by atoms with Gasteiger partial charge in [0.05, 0.1) is 19.8 Å². The second-order valence-corrected chi connectivity index (χ2v) is 4.05. The van der Waals surface area contributed by atoms with Gasteiger partial charge in [0.25, 0.3) is 5.11 Å². The SMILES string of the molecule is C/C(=N/[N+](C)(C)C(N)=S)c1ccccn1. The van der Waals surface area contributed by atoms with Gasteiger partial charge in [-0.05, 0) is 19.1 Å². The van der Waals surface area contributed by atoms with Gasteiger partial charge in [-0.2, -0.15) is 0 Å². The van der Waals surface area contributed by atoms with Crippen molar-refractivity contribution in [2.75, 3.05) is 14.1 Å². The highest BCUT2D eigenvalue weighted by molar-refractivity contribution is 7.79. The molecule has 0 aliphatic carbocycles. The standard InChI is InChI=1S/C10H14N4S/c1-8(9-6-4-5-7-12-9)13-14(2,3)10(11)15/h4-7H,1-3H3,(H-,11,15)/p+1/b13-8-. The van der Waals surface area contributed by atoms with Crippen LogP contribution in [0.5, 0.6) is 0 Å². The van der Waals surface area contributed by atoms with Crippen LogP contribution in [0.2, 0.25) is 0 Å². The Morgan fingerprint density at radius 2 is 2.13 bits per heavy atom. The molecule has 15 heavy (non-hydrogen) atoms. The van der Waals surface area contributed by atoms with Gasteiger partial charge in [0, 0.05) is 18.4 Å². The first-order chi connectivity index (χ1) is 6.93. The summed E-state index contributed by atoms with van der Waals surface area (Å²) in [4.78, 5) is 4.20. The predicted octanol–water partition coefficient (Wildman–Crippen LogP) is 1.13. The Morgan fingerprint density at radius 1 is 1.47 bits per heavy atom. The topological polar surface area (TPSA) is 51.3 Å². The minimum atomic E-state index is 0.137. The number of hydrogen-bond donors (Lipinski definition) is 1. The number of quaternary nitrogens is 1. The molecule has 4 nitrogen and oxygen atoms in total. The van der Waals surface area contributed by atoms with Crippen molar-refractivity contribution in [1.82, 2.24) is 4.98 Å². The first-order valence-electron chi connectivity index (χ1n) is 4.55. The lowest BCUT2D eigenvalue weighted by molar-refractivity contribution is -0.804. The van der Waals surface area contributed by atoms with Crippen molar-refractivity contribution in [3.63, 3.8) is 0 Å². The van der Waals surface area contributed by atoms with E-state index in [1.165, 1.54) is 0 Å². The van der Waals surface area contributed by atoms with Gasteiger partial charge in [0.15, 0.2) is 0 Å². The zero-order chi connectivity index (χ0) is 11.5. The molecule has 0 saturated heterocycles. The monoisotopic (exact) mass is 223 g/mol. The van der Waals surface area contributed by atoms with E-state index >= 15 is 0 Å². The molecule has 1 aromatic rings. The van der Waals surface area contributed by atoms with Crippen LogP contribution < -0.4 is 5.73 Å². The zero-order valence-electron chi connectivity index (χ0n) is 9.14. The van der Waals surface area contributed by atoms with E-state index in [1.54, 1.807) is 6.20 Å². The van der Waals surface area contributed by atoms with Crippen molar-refractivity contribution in [2.24, 2.45) is 10.8 Å². The number of hydrogen-bond acceptors (Lipinski definition) is 3. The Kier molecular flexibility index (Phi) is 3.49. The minimum Gasteiger partial charge on any atom is -0.343 e. The van der Waals surface area contributed by atoms with Crippen LogP contribution in [-0.4, -0.2) is 34.5 Å². The van der Waals surface area contributed by atoms with Crippen molar-refractivity contribution in [3.05, 3.63) is 30.1 Å². The average molecular weight is 223 g/mol. The molecule has 0 atom stereocenters. The van der Waals surface area contributed by atoms with Gasteiger partial charge >= 0.3 is 0 Å². The fourth-order valence-corrected chi connectivity index (χ4v) is 1.09. The third-order valence-electron chi connectivity index (χ3n) is 1.97. The van der Waals surface area contributed by atoms with E-state index in [1.807, 2.05) is 39.2 Å². The molecule has 0 fully saturated rings. The number of rotatable bonds is 2. The average Bonchev–Trinajstić information content (AvgIpc) is 2.18. The van der Waals surface area contributed by atoms with E-state index in [2.05, 4.69) is 10.1 Å². The molecular weight excluding hydrogens is 208 g/mol. The van der Waals surface area contributed by atoms with Crippen LogP contribution in [-0.2, 0) is 0 Å². The molecule has 0 saturated carbocycles. The van der Waals surface area contributed by atoms with Gasteiger partial charge in [-0.1, -0.05) is 11.2 Å². The summed E-state index contributed by atoms with van der Waals surface area (Å²) >= 11 is 4.92. The van der Waals surface area contributed by atoms with E-state index in [0.717, 1.165) is 11.4 Å². The summed E-state index contributed by atoms with van der Waals surface area (Å²) in [5.74, 6) is 0. The quantitative estimate of drug-likeness (QED) is 0.354. The molecule has 0 radical (unpaired) electrons. The molecule has 0 aromatic carbocycles. The van der Waals surface area contributed by atoms with Crippen molar-refractivity contribution >= 4 is 23.0 Å². The van der Waals surface area contributed by atoms with Crippen LogP contribution >= 0.6 is 12.2 Å². The van der Waals surface area contributed by atoms with Gasteiger partial charge in [-0.15, -0.1) is 4.59 Å². The largest absolute Gasteiger partial charge is 0.343 e. The molecular formula is C10H15N4S+. The highest BCUT2D eigenvalue weighted by Gasteiger charge is 2.19. The van der Waals surface area contributed by atoms with E-state index < -0.39 is 0 Å². The molecule has 0 aliphatic heterocycles. The maximum atomic E-state index is 5.57. The Morgan fingerprint density at radius 3 is 2.60 bits per heavy atom. The Bertz CT molecular complexity index is 384. The summed E-state index contributed by atoms with van der Waals surface area (Å²) in [5, 5.41) is 4.73. The number of nitrogens with zero attached hydrogens (tertiary/aromatic N) is 3. The van der Waals surface area contributed by atoms with Crippen LogP contribution in [0, 0.1) is 0 Å². The maximum absolute atomic E-state index is 5.57. The summed E-state index contributed by atoms with van der Waals surface area (Å²) in [6.07, 6.45) is 1.73. The molecule has 0 unspecified atom stereocenters. The number of nitrogens with two attached hydrogens (primary N) is 1. The van der Waals surface area contributed by atoms with Crippen molar-refractivity contribution in [2.45, 2.75) is 6.92 Å². The second-order valence-electron chi connectivity index (χ2n) is 3.63. The molecule has 0 bridgehead atoms. The van der Waals surface area contributed by atoms with Crippen LogP contribution in [0.25, 0.3) is 0 Å². The minimum absolute atomic E-state index is 0.137. The third-order valence-corrected chi connectivity index (χ3v) is 2.42. The van der Waals surface area contributed by atoms with Crippen LogP contribution in [0.1, 0.15) is 12.6 Å². The highest BCUT2D eigenvalue weighted by atomic mass is 32.1. The van der Waals surface area contributed by atoms with Gasteiger partial charge in [-0.3, -0.25) is 4.98 Å². The van der Waals surface area contributed by atoms with Gasteiger partial charge in [-0.25, -0.2) is 0 Å². The zero-order valence-corrected chi connectivity index (χ0v) is 9.95. The van der Waals surface area contributed by atoms with Crippen LogP contribution in [0.15, 0.2) is 29.5 Å². The molecule has 5 heteroatoms. The smallest absolute Gasteiger partial charge is 0.293 e. The number of thiocarbonyl (C=S) groups is 1. The van der Waals surface area contributed by atoms with Crippen LogP contribution in [0.4, 0.5) is 0 Å². The van der Waals surface area contributed by atoms with Crippen molar-refractivity contribution in [3.8, 4) is 0 Å². The molecule has 0 aliphatic rings. The van der Waals surface area contributed by atoms with E-state index in [4.69, 9.17) is 18.0 Å². The predicted molar refractivity (Wildman–Crippen MR) is 65.3 cm³/mol. The molecule has 1 rings (SSSR count). The molecule has 2 N–H and O–H groups in total. The molecule has 0 spiro atoms. The van der Waals surface area contributed by atoms with E-state index in [-0.39, 0.29) is 4.59 Å². The number of pyridine rings is 1.